The van der Waals surface area contributed by atoms with Gasteiger partial charge in [-0.2, -0.15) is 5.10 Å². The molecular weight excluding hydrogens is 283 g/mol. The van der Waals surface area contributed by atoms with Crippen LogP contribution in [-0.4, -0.2) is 12.1 Å². The van der Waals surface area contributed by atoms with Crippen molar-refractivity contribution < 1.29 is 4.79 Å². The van der Waals surface area contributed by atoms with E-state index in [0.717, 1.165) is 5.56 Å². The van der Waals surface area contributed by atoms with Crippen LogP contribution in [0.5, 0.6) is 0 Å². The zero-order chi connectivity index (χ0) is 13.7. The van der Waals surface area contributed by atoms with Crippen LogP contribution >= 0.6 is 23.2 Å². The summed E-state index contributed by atoms with van der Waals surface area (Å²) >= 11 is 11.9. The summed E-state index contributed by atoms with van der Waals surface area (Å²) in [6.07, 6.45) is 1.48. The number of benzene rings is 2. The summed E-state index contributed by atoms with van der Waals surface area (Å²) < 4.78 is 0. The molecule has 0 aliphatic heterocycles. The standard InChI is InChI=1S/C14H10Cl2N2O/c15-12-7-3-1-5-10(12)9-17-18-14(19)11-6-2-4-8-13(11)16/h1-9H,(H,18,19)/b17-9+. The topological polar surface area (TPSA) is 41.5 Å². The Morgan fingerprint density at radius 2 is 1.63 bits per heavy atom. The first-order valence-corrected chi connectivity index (χ1v) is 6.26. The molecule has 1 N–H and O–H groups in total. The van der Waals surface area contributed by atoms with E-state index in [4.69, 9.17) is 23.2 Å². The van der Waals surface area contributed by atoms with Crippen LogP contribution < -0.4 is 5.43 Å². The molecule has 0 bridgehead atoms. The van der Waals surface area contributed by atoms with E-state index in [2.05, 4.69) is 10.5 Å². The predicted molar refractivity (Wildman–Crippen MR) is 78.0 cm³/mol. The Labute approximate surface area is 120 Å². The molecule has 0 atom stereocenters. The minimum absolute atomic E-state index is 0.367. The van der Waals surface area contributed by atoms with Crippen LogP contribution in [-0.2, 0) is 0 Å². The van der Waals surface area contributed by atoms with Gasteiger partial charge in [0, 0.05) is 10.6 Å². The summed E-state index contributed by atoms with van der Waals surface area (Å²) in [5.41, 5.74) is 3.50. The average molecular weight is 293 g/mol. The Morgan fingerprint density at radius 3 is 2.32 bits per heavy atom. The molecule has 19 heavy (non-hydrogen) atoms. The summed E-state index contributed by atoms with van der Waals surface area (Å²) in [6.45, 7) is 0. The molecule has 96 valence electrons. The molecule has 0 aliphatic rings. The van der Waals surface area contributed by atoms with E-state index >= 15 is 0 Å². The van der Waals surface area contributed by atoms with Gasteiger partial charge in [-0.1, -0.05) is 53.5 Å². The molecule has 0 heterocycles. The van der Waals surface area contributed by atoms with E-state index in [-0.39, 0.29) is 5.91 Å². The van der Waals surface area contributed by atoms with Gasteiger partial charge in [0.25, 0.3) is 5.91 Å². The molecule has 0 radical (unpaired) electrons. The molecule has 0 saturated heterocycles. The largest absolute Gasteiger partial charge is 0.272 e. The maximum absolute atomic E-state index is 11.8. The zero-order valence-electron chi connectivity index (χ0n) is 9.81. The second-order valence-electron chi connectivity index (χ2n) is 3.70. The second kappa shape index (κ2) is 6.36. The van der Waals surface area contributed by atoms with Crippen LogP contribution in [0.1, 0.15) is 15.9 Å². The SMILES string of the molecule is O=C(N/N=C/c1ccccc1Cl)c1ccccc1Cl. The molecular formula is C14H10Cl2N2O. The average Bonchev–Trinajstić information content (AvgIpc) is 2.41. The third-order valence-corrected chi connectivity index (χ3v) is 3.07. The number of hydrazone groups is 1. The van der Waals surface area contributed by atoms with Crippen molar-refractivity contribution in [2.24, 2.45) is 5.10 Å². The maximum atomic E-state index is 11.8. The normalized spacial score (nSPS) is 10.6. The van der Waals surface area contributed by atoms with E-state index in [1.165, 1.54) is 6.21 Å². The summed E-state index contributed by atoms with van der Waals surface area (Å²) in [4.78, 5) is 11.8. The number of amides is 1. The van der Waals surface area contributed by atoms with Crippen molar-refractivity contribution in [1.82, 2.24) is 5.43 Å². The molecule has 2 rings (SSSR count). The molecule has 0 fully saturated rings. The van der Waals surface area contributed by atoms with Gasteiger partial charge >= 0.3 is 0 Å². The third kappa shape index (κ3) is 3.56. The molecule has 0 saturated carbocycles. The number of hydrogen-bond acceptors (Lipinski definition) is 2. The van der Waals surface area contributed by atoms with Crippen molar-refractivity contribution >= 4 is 35.3 Å². The number of hydrogen-bond donors (Lipinski definition) is 1. The number of halogens is 2. The van der Waals surface area contributed by atoms with Crippen molar-refractivity contribution in [2.75, 3.05) is 0 Å². The molecule has 0 unspecified atom stereocenters. The van der Waals surface area contributed by atoms with Gasteiger partial charge in [-0.15, -0.1) is 0 Å². The Bertz CT molecular complexity index is 626. The van der Waals surface area contributed by atoms with Gasteiger partial charge in [-0.25, -0.2) is 5.43 Å². The summed E-state index contributed by atoms with van der Waals surface area (Å²) in [6, 6.07) is 14.0. The highest BCUT2D eigenvalue weighted by atomic mass is 35.5. The van der Waals surface area contributed by atoms with Gasteiger partial charge in [0.05, 0.1) is 16.8 Å². The van der Waals surface area contributed by atoms with Gasteiger partial charge in [-0.3, -0.25) is 4.79 Å². The van der Waals surface area contributed by atoms with E-state index in [9.17, 15) is 4.79 Å². The van der Waals surface area contributed by atoms with Crippen LogP contribution in [0.25, 0.3) is 0 Å². The van der Waals surface area contributed by atoms with Crippen molar-refractivity contribution in [1.29, 1.82) is 0 Å². The fourth-order valence-corrected chi connectivity index (χ4v) is 1.85. The molecule has 0 spiro atoms. The fraction of sp³-hybridized carbons (Fsp3) is 0. The van der Waals surface area contributed by atoms with Crippen molar-refractivity contribution in [3.05, 3.63) is 69.7 Å². The summed E-state index contributed by atoms with van der Waals surface area (Å²) in [5.74, 6) is -0.367. The van der Waals surface area contributed by atoms with Gasteiger partial charge < -0.3 is 0 Å². The minimum atomic E-state index is -0.367. The number of nitrogens with one attached hydrogen (secondary N) is 1. The van der Waals surface area contributed by atoms with E-state index < -0.39 is 0 Å². The van der Waals surface area contributed by atoms with Crippen molar-refractivity contribution in [3.8, 4) is 0 Å². The molecule has 3 nitrogen and oxygen atoms in total. The Morgan fingerprint density at radius 1 is 1.00 bits per heavy atom. The summed E-state index contributed by atoms with van der Waals surface area (Å²) in [5, 5.41) is 4.80. The van der Waals surface area contributed by atoms with Crippen LogP contribution in [0.4, 0.5) is 0 Å². The van der Waals surface area contributed by atoms with Crippen LogP contribution in [0.15, 0.2) is 53.6 Å². The zero-order valence-corrected chi connectivity index (χ0v) is 11.3. The Hall–Kier alpha value is -1.84. The highest BCUT2D eigenvalue weighted by Crippen LogP contribution is 2.14. The van der Waals surface area contributed by atoms with Gasteiger partial charge in [0.15, 0.2) is 0 Å². The lowest BCUT2D eigenvalue weighted by Gasteiger charge is -2.02. The number of nitrogens with zero attached hydrogens (tertiary/aromatic N) is 1. The molecule has 2 aromatic rings. The highest BCUT2D eigenvalue weighted by molar-refractivity contribution is 6.34. The van der Waals surface area contributed by atoms with Gasteiger partial charge in [-0.05, 0) is 18.2 Å². The fourth-order valence-electron chi connectivity index (χ4n) is 1.45. The Kier molecular flexibility index (Phi) is 4.55. The molecule has 0 aromatic heterocycles. The first-order valence-electron chi connectivity index (χ1n) is 5.51. The van der Waals surface area contributed by atoms with Crippen molar-refractivity contribution in [3.63, 3.8) is 0 Å². The van der Waals surface area contributed by atoms with Crippen LogP contribution in [0.3, 0.4) is 0 Å². The number of carbonyl (C=O) groups excluding carboxylic acids is 1. The van der Waals surface area contributed by atoms with Crippen LogP contribution in [0.2, 0.25) is 10.0 Å². The van der Waals surface area contributed by atoms with E-state index in [1.807, 2.05) is 12.1 Å². The first-order chi connectivity index (χ1) is 9.18. The van der Waals surface area contributed by atoms with Gasteiger partial charge in [0.2, 0.25) is 0 Å². The van der Waals surface area contributed by atoms with Crippen LogP contribution in [0, 0.1) is 0 Å². The molecule has 2 aromatic carbocycles. The lowest BCUT2D eigenvalue weighted by atomic mass is 10.2. The maximum Gasteiger partial charge on any atom is 0.272 e. The van der Waals surface area contributed by atoms with E-state index in [1.54, 1.807) is 36.4 Å². The third-order valence-electron chi connectivity index (χ3n) is 2.39. The second-order valence-corrected chi connectivity index (χ2v) is 4.51. The minimum Gasteiger partial charge on any atom is -0.267 e. The summed E-state index contributed by atoms with van der Waals surface area (Å²) in [7, 11) is 0. The smallest absolute Gasteiger partial charge is 0.267 e. The van der Waals surface area contributed by atoms with Crippen molar-refractivity contribution in [2.45, 2.75) is 0 Å². The monoisotopic (exact) mass is 292 g/mol. The lowest BCUT2D eigenvalue weighted by molar-refractivity contribution is 0.0955. The van der Waals surface area contributed by atoms with Gasteiger partial charge in [0.1, 0.15) is 0 Å². The molecule has 1 amide bonds. The Balaban J connectivity index is 2.06. The van der Waals surface area contributed by atoms with E-state index in [0.29, 0.717) is 15.6 Å². The number of carbonyl (C=O) groups is 1. The highest BCUT2D eigenvalue weighted by Gasteiger charge is 2.07. The molecule has 5 heteroatoms. The lowest BCUT2D eigenvalue weighted by Crippen LogP contribution is -2.17. The first kappa shape index (κ1) is 13.6. The number of rotatable bonds is 3. The molecule has 0 aliphatic carbocycles. The quantitative estimate of drug-likeness (QED) is 0.679. The predicted octanol–water partition coefficient (Wildman–Crippen LogP) is 3.76.